The molecule has 0 N–H and O–H groups in total. The summed E-state index contributed by atoms with van der Waals surface area (Å²) in [6.45, 7) is 7.75. The fourth-order valence-corrected chi connectivity index (χ4v) is 1.88. The van der Waals surface area contributed by atoms with Gasteiger partial charge in [-0.15, -0.1) is 0 Å². The predicted molar refractivity (Wildman–Crippen MR) is 45.8 cm³/mol. The molecule has 1 aliphatic heterocycles. The van der Waals surface area contributed by atoms with Gasteiger partial charge < -0.3 is 4.52 Å². The van der Waals surface area contributed by atoms with Gasteiger partial charge in [-0.1, -0.05) is 0 Å². The van der Waals surface area contributed by atoms with Crippen molar-refractivity contribution in [1.29, 1.82) is 0 Å². The SMILES string of the molecule is CC(C)N1CCOPCC1. The molecule has 0 radical (unpaired) electrons. The van der Waals surface area contributed by atoms with Gasteiger partial charge >= 0.3 is 0 Å². The van der Waals surface area contributed by atoms with E-state index in [1.54, 1.807) is 0 Å². The Kier molecular flexibility index (Phi) is 3.61. The lowest BCUT2D eigenvalue weighted by atomic mass is 10.3. The van der Waals surface area contributed by atoms with Crippen molar-refractivity contribution in [3.05, 3.63) is 0 Å². The van der Waals surface area contributed by atoms with Crippen LogP contribution >= 0.6 is 8.81 Å². The molecule has 0 saturated carbocycles. The zero-order chi connectivity index (χ0) is 7.40. The molecule has 0 aromatic rings. The van der Waals surface area contributed by atoms with Crippen LogP contribution < -0.4 is 0 Å². The molecule has 10 heavy (non-hydrogen) atoms. The lowest BCUT2D eigenvalue weighted by molar-refractivity contribution is 0.208. The smallest absolute Gasteiger partial charge is 0.0632 e. The Morgan fingerprint density at radius 3 is 2.90 bits per heavy atom. The second kappa shape index (κ2) is 4.27. The molecule has 0 amide bonds. The fraction of sp³-hybridized carbons (Fsp3) is 1.00. The van der Waals surface area contributed by atoms with Crippen LogP contribution in [0.25, 0.3) is 0 Å². The molecular formula is C7H16NOP. The highest BCUT2D eigenvalue weighted by atomic mass is 31.1. The normalized spacial score (nSPS) is 25.5. The largest absolute Gasteiger partial charge is 0.361 e. The first kappa shape index (κ1) is 8.45. The highest BCUT2D eigenvalue weighted by Crippen LogP contribution is 2.16. The van der Waals surface area contributed by atoms with E-state index >= 15 is 0 Å². The van der Waals surface area contributed by atoms with Gasteiger partial charge in [-0.25, -0.2) is 0 Å². The van der Waals surface area contributed by atoms with E-state index in [0.717, 1.165) is 22.0 Å². The zero-order valence-corrected chi connectivity index (χ0v) is 7.76. The summed E-state index contributed by atoms with van der Waals surface area (Å²) in [5.74, 6) is 0. The molecule has 0 spiro atoms. The Balaban J connectivity index is 2.28. The Morgan fingerprint density at radius 2 is 2.20 bits per heavy atom. The van der Waals surface area contributed by atoms with E-state index in [9.17, 15) is 0 Å². The monoisotopic (exact) mass is 161 g/mol. The molecule has 1 saturated heterocycles. The highest BCUT2D eigenvalue weighted by Gasteiger charge is 2.10. The van der Waals surface area contributed by atoms with Gasteiger partial charge in [0.25, 0.3) is 0 Å². The van der Waals surface area contributed by atoms with Gasteiger partial charge in [0, 0.05) is 34.1 Å². The summed E-state index contributed by atoms with van der Waals surface area (Å²) in [5.41, 5.74) is 0. The third-order valence-corrected chi connectivity index (χ3v) is 2.65. The Labute approximate surface area is 64.8 Å². The van der Waals surface area contributed by atoms with E-state index in [4.69, 9.17) is 4.52 Å². The first-order valence-electron chi connectivity index (χ1n) is 3.89. The third kappa shape index (κ3) is 2.53. The minimum atomic E-state index is 0.687. The standard InChI is InChI=1S/C7H16NOP/c1-7(2)8-3-5-9-10-6-4-8/h7,10H,3-6H2,1-2H3. The summed E-state index contributed by atoms with van der Waals surface area (Å²) in [6.07, 6.45) is 1.22. The molecule has 0 aromatic heterocycles. The second-order valence-electron chi connectivity index (χ2n) is 2.87. The molecule has 3 heteroatoms. The minimum Gasteiger partial charge on any atom is -0.361 e. The van der Waals surface area contributed by atoms with Gasteiger partial charge in [0.05, 0.1) is 6.61 Å². The average Bonchev–Trinajstić information content (AvgIpc) is 2.12. The predicted octanol–water partition coefficient (Wildman–Crippen LogP) is 1.32. The van der Waals surface area contributed by atoms with E-state index < -0.39 is 0 Å². The molecule has 0 aromatic carbocycles. The van der Waals surface area contributed by atoms with Crippen LogP contribution in [0.4, 0.5) is 0 Å². The summed E-state index contributed by atoms with van der Waals surface area (Å²) in [5, 5.41) is 0. The number of hydrogen-bond donors (Lipinski definition) is 0. The van der Waals surface area contributed by atoms with E-state index in [0.29, 0.717) is 6.04 Å². The van der Waals surface area contributed by atoms with Crippen LogP contribution in [0.15, 0.2) is 0 Å². The maximum atomic E-state index is 5.36. The maximum absolute atomic E-state index is 5.36. The minimum absolute atomic E-state index is 0.687. The van der Waals surface area contributed by atoms with Crippen LogP contribution in [0.1, 0.15) is 13.8 Å². The number of hydrogen-bond acceptors (Lipinski definition) is 2. The van der Waals surface area contributed by atoms with Crippen molar-refractivity contribution in [3.8, 4) is 0 Å². The summed E-state index contributed by atoms with van der Waals surface area (Å²) >= 11 is 0. The molecule has 1 aliphatic rings. The Morgan fingerprint density at radius 1 is 1.40 bits per heavy atom. The van der Waals surface area contributed by atoms with E-state index in [1.165, 1.54) is 12.7 Å². The van der Waals surface area contributed by atoms with Crippen molar-refractivity contribution in [2.45, 2.75) is 19.9 Å². The van der Waals surface area contributed by atoms with Crippen LogP contribution in [0.2, 0.25) is 0 Å². The third-order valence-electron chi connectivity index (χ3n) is 1.81. The lowest BCUT2D eigenvalue weighted by Crippen LogP contribution is -2.33. The average molecular weight is 161 g/mol. The summed E-state index contributed by atoms with van der Waals surface area (Å²) in [7, 11) is 0.732. The van der Waals surface area contributed by atoms with Gasteiger partial charge in [0.1, 0.15) is 0 Å². The molecule has 1 heterocycles. The van der Waals surface area contributed by atoms with E-state index in [2.05, 4.69) is 18.7 Å². The molecule has 1 fully saturated rings. The molecule has 2 nitrogen and oxygen atoms in total. The van der Waals surface area contributed by atoms with Crippen molar-refractivity contribution >= 4 is 8.81 Å². The van der Waals surface area contributed by atoms with Crippen LogP contribution in [-0.4, -0.2) is 36.8 Å². The highest BCUT2D eigenvalue weighted by molar-refractivity contribution is 7.32. The molecular weight excluding hydrogens is 145 g/mol. The van der Waals surface area contributed by atoms with Crippen molar-refractivity contribution in [1.82, 2.24) is 4.90 Å². The van der Waals surface area contributed by atoms with Gasteiger partial charge in [0.15, 0.2) is 0 Å². The zero-order valence-electron chi connectivity index (χ0n) is 6.76. The first-order chi connectivity index (χ1) is 4.80. The topological polar surface area (TPSA) is 12.5 Å². The van der Waals surface area contributed by atoms with Gasteiger partial charge in [-0.2, -0.15) is 0 Å². The molecule has 0 aliphatic carbocycles. The molecule has 0 bridgehead atoms. The van der Waals surface area contributed by atoms with Crippen LogP contribution in [0.3, 0.4) is 0 Å². The fourth-order valence-electron chi connectivity index (χ4n) is 1.12. The number of nitrogens with zero attached hydrogens (tertiary/aromatic N) is 1. The van der Waals surface area contributed by atoms with Crippen molar-refractivity contribution < 1.29 is 4.52 Å². The summed E-state index contributed by atoms with van der Waals surface area (Å²) < 4.78 is 5.36. The quantitative estimate of drug-likeness (QED) is 0.538. The van der Waals surface area contributed by atoms with Crippen LogP contribution in [-0.2, 0) is 4.52 Å². The van der Waals surface area contributed by atoms with Crippen LogP contribution in [0.5, 0.6) is 0 Å². The van der Waals surface area contributed by atoms with Crippen LogP contribution in [0, 0.1) is 0 Å². The Hall–Kier alpha value is 0.350. The van der Waals surface area contributed by atoms with Crippen molar-refractivity contribution in [2.24, 2.45) is 0 Å². The molecule has 60 valence electrons. The first-order valence-corrected chi connectivity index (χ1v) is 5.01. The lowest BCUT2D eigenvalue weighted by Gasteiger charge is -2.22. The van der Waals surface area contributed by atoms with Gasteiger partial charge in [0.2, 0.25) is 0 Å². The van der Waals surface area contributed by atoms with Gasteiger partial charge in [-0.3, -0.25) is 4.90 Å². The molecule has 1 rings (SSSR count). The summed E-state index contributed by atoms with van der Waals surface area (Å²) in [6, 6.07) is 0.687. The Bertz CT molecular complexity index is 89.6. The second-order valence-corrected chi connectivity index (χ2v) is 3.95. The van der Waals surface area contributed by atoms with E-state index in [1.807, 2.05) is 0 Å². The van der Waals surface area contributed by atoms with E-state index in [-0.39, 0.29) is 0 Å². The number of rotatable bonds is 1. The molecule has 1 atom stereocenters. The molecule has 1 unspecified atom stereocenters. The maximum Gasteiger partial charge on any atom is 0.0632 e. The summed E-state index contributed by atoms with van der Waals surface area (Å²) in [4.78, 5) is 2.47. The van der Waals surface area contributed by atoms with Crippen molar-refractivity contribution in [2.75, 3.05) is 25.9 Å². The van der Waals surface area contributed by atoms with Gasteiger partial charge in [-0.05, 0) is 13.8 Å². The van der Waals surface area contributed by atoms with Crippen molar-refractivity contribution in [3.63, 3.8) is 0 Å².